The Morgan fingerprint density at radius 2 is 2.17 bits per heavy atom. The molecule has 1 saturated heterocycles. The van der Waals surface area contributed by atoms with Crippen LogP contribution in [0.5, 0.6) is 0 Å². The van der Waals surface area contributed by atoms with E-state index >= 15 is 0 Å². The lowest BCUT2D eigenvalue weighted by Gasteiger charge is -2.12. The van der Waals surface area contributed by atoms with E-state index in [1.165, 1.54) is 5.56 Å². The predicted molar refractivity (Wildman–Crippen MR) is 113 cm³/mol. The predicted octanol–water partition coefficient (Wildman–Crippen LogP) is 3.59. The van der Waals surface area contributed by atoms with E-state index in [1.54, 1.807) is 17.5 Å². The summed E-state index contributed by atoms with van der Waals surface area (Å²) < 4.78 is 7.19. The number of aromatic nitrogens is 3. The molecule has 1 amide bonds. The van der Waals surface area contributed by atoms with E-state index in [4.69, 9.17) is 4.74 Å². The molecule has 7 heteroatoms. The fraction of sp³-hybridized carbons (Fsp3) is 0.227. The van der Waals surface area contributed by atoms with E-state index in [-0.39, 0.29) is 11.9 Å². The van der Waals surface area contributed by atoms with Crippen LogP contribution >= 0.6 is 11.3 Å². The Bertz CT molecular complexity index is 1130. The summed E-state index contributed by atoms with van der Waals surface area (Å²) in [5, 5.41) is 10.4. The van der Waals surface area contributed by atoms with Gasteiger partial charge in [-0.3, -0.25) is 4.79 Å². The third-order valence-electron chi connectivity index (χ3n) is 5.12. The Kier molecular flexibility index (Phi) is 4.83. The van der Waals surface area contributed by atoms with E-state index in [2.05, 4.69) is 45.7 Å². The largest absolute Gasteiger partial charge is 0.379 e. The van der Waals surface area contributed by atoms with Crippen molar-refractivity contribution in [3.63, 3.8) is 0 Å². The van der Waals surface area contributed by atoms with Gasteiger partial charge in [-0.15, -0.1) is 11.3 Å². The van der Waals surface area contributed by atoms with Crippen molar-refractivity contribution in [1.29, 1.82) is 0 Å². The van der Waals surface area contributed by atoms with Gasteiger partial charge in [0.2, 0.25) is 0 Å². The number of carbonyl (C=O) groups is 1. The van der Waals surface area contributed by atoms with Gasteiger partial charge in [-0.25, -0.2) is 9.67 Å². The minimum Gasteiger partial charge on any atom is -0.379 e. The first kappa shape index (κ1) is 18.0. The molecule has 29 heavy (non-hydrogen) atoms. The van der Waals surface area contributed by atoms with E-state index < -0.39 is 0 Å². The molecular formula is C22H20N4O2S. The summed E-state index contributed by atoms with van der Waals surface area (Å²) in [4.78, 5) is 18.2. The van der Waals surface area contributed by atoms with Crippen molar-refractivity contribution in [3.05, 3.63) is 77.1 Å². The van der Waals surface area contributed by atoms with Gasteiger partial charge in [0, 0.05) is 24.4 Å². The van der Waals surface area contributed by atoms with Crippen molar-refractivity contribution in [1.82, 2.24) is 20.1 Å². The molecule has 0 bridgehead atoms. The van der Waals surface area contributed by atoms with Crippen molar-refractivity contribution >= 4 is 27.5 Å². The molecule has 4 aromatic rings. The second-order valence-electron chi connectivity index (χ2n) is 7.13. The molecule has 1 aliphatic rings. The number of thiophene rings is 1. The average molecular weight is 404 g/mol. The van der Waals surface area contributed by atoms with Crippen LogP contribution in [0.3, 0.4) is 0 Å². The third kappa shape index (κ3) is 3.79. The molecule has 5 rings (SSSR count). The number of carbonyl (C=O) groups excluding carboxylic acids is 1. The van der Waals surface area contributed by atoms with Crippen LogP contribution in [0.4, 0.5) is 0 Å². The third-order valence-corrected chi connectivity index (χ3v) is 5.93. The van der Waals surface area contributed by atoms with Gasteiger partial charge in [-0.05, 0) is 59.7 Å². The Morgan fingerprint density at radius 1 is 1.28 bits per heavy atom. The number of hydrogen-bond acceptors (Lipinski definition) is 5. The van der Waals surface area contributed by atoms with Crippen LogP contribution in [0.15, 0.2) is 60.2 Å². The van der Waals surface area contributed by atoms with Gasteiger partial charge in [0.15, 0.2) is 0 Å². The van der Waals surface area contributed by atoms with Crippen LogP contribution in [-0.2, 0) is 11.2 Å². The minimum atomic E-state index is -0.133. The normalized spacial score (nSPS) is 16.3. The highest BCUT2D eigenvalue weighted by molar-refractivity contribution is 7.16. The van der Waals surface area contributed by atoms with Crippen LogP contribution in [0, 0.1) is 0 Å². The molecule has 1 fully saturated rings. The lowest BCUT2D eigenvalue weighted by molar-refractivity contribution is 0.0925. The van der Waals surface area contributed by atoms with Crippen molar-refractivity contribution in [2.24, 2.45) is 0 Å². The molecule has 1 N–H and O–H groups in total. The molecule has 1 atom stereocenters. The van der Waals surface area contributed by atoms with Crippen LogP contribution in [0.2, 0.25) is 0 Å². The highest BCUT2D eigenvalue weighted by atomic mass is 32.1. The fourth-order valence-electron chi connectivity index (χ4n) is 3.59. The molecule has 6 nitrogen and oxygen atoms in total. The summed E-state index contributed by atoms with van der Waals surface area (Å²) in [5.74, 6) is -0.133. The van der Waals surface area contributed by atoms with Gasteiger partial charge in [-0.1, -0.05) is 12.1 Å². The fourth-order valence-corrected chi connectivity index (χ4v) is 4.41. The molecule has 0 radical (unpaired) electrons. The van der Waals surface area contributed by atoms with Gasteiger partial charge in [-0.2, -0.15) is 5.10 Å². The zero-order valence-electron chi connectivity index (χ0n) is 15.7. The summed E-state index contributed by atoms with van der Waals surface area (Å²) in [6.45, 7) is 1.27. The molecule has 0 saturated carbocycles. The van der Waals surface area contributed by atoms with E-state index in [0.717, 1.165) is 34.3 Å². The number of pyridine rings is 1. The Balaban J connectivity index is 1.41. The van der Waals surface area contributed by atoms with E-state index in [9.17, 15) is 4.79 Å². The average Bonchev–Trinajstić information content (AvgIpc) is 3.50. The van der Waals surface area contributed by atoms with E-state index in [0.29, 0.717) is 18.9 Å². The van der Waals surface area contributed by atoms with Gasteiger partial charge in [0.25, 0.3) is 5.91 Å². The van der Waals surface area contributed by atoms with Gasteiger partial charge in [0.1, 0.15) is 10.5 Å². The van der Waals surface area contributed by atoms with Crippen LogP contribution in [-0.4, -0.2) is 39.9 Å². The standard InChI is InChI=1S/C22H20N4O2S/c27-21(24-17-6-10-28-14-17)20-13-16(19-7-11-29-22(19)25-20)12-15-2-4-18(5-3-15)26-9-1-8-23-26/h1-5,7-9,11,13,17H,6,10,12,14H2,(H,24,27)/t17-/m1/s1. The Labute approximate surface area is 172 Å². The maximum atomic E-state index is 12.7. The molecule has 1 aliphatic heterocycles. The zero-order chi connectivity index (χ0) is 19.6. The number of nitrogens with one attached hydrogen (secondary N) is 1. The number of amides is 1. The van der Waals surface area contributed by atoms with E-state index in [1.807, 2.05) is 28.4 Å². The Morgan fingerprint density at radius 3 is 2.93 bits per heavy atom. The zero-order valence-corrected chi connectivity index (χ0v) is 16.6. The number of ether oxygens (including phenoxy) is 1. The second-order valence-corrected chi connectivity index (χ2v) is 8.03. The first-order valence-corrected chi connectivity index (χ1v) is 10.5. The molecule has 0 spiro atoms. The molecule has 3 aromatic heterocycles. The van der Waals surface area contributed by atoms with Crippen molar-refractivity contribution in [3.8, 4) is 5.69 Å². The Hall–Kier alpha value is -3.03. The quantitative estimate of drug-likeness (QED) is 0.552. The maximum absolute atomic E-state index is 12.7. The first-order chi connectivity index (χ1) is 14.3. The number of benzene rings is 1. The lowest BCUT2D eigenvalue weighted by Crippen LogP contribution is -2.35. The second kappa shape index (κ2) is 7.77. The molecule has 4 heterocycles. The number of rotatable bonds is 5. The maximum Gasteiger partial charge on any atom is 0.270 e. The highest BCUT2D eigenvalue weighted by Gasteiger charge is 2.20. The molecule has 1 aromatic carbocycles. The SMILES string of the molecule is O=C(N[C@@H]1CCOC1)c1cc(Cc2ccc(-n3cccn3)cc2)c2ccsc2n1. The smallest absolute Gasteiger partial charge is 0.270 e. The summed E-state index contributed by atoms with van der Waals surface area (Å²) in [6.07, 6.45) is 5.28. The molecular weight excluding hydrogens is 384 g/mol. The minimum absolute atomic E-state index is 0.0709. The monoisotopic (exact) mass is 404 g/mol. The summed E-state index contributed by atoms with van der Waals surface area (Å²) in [7, 11) is 0. The first-order valence-electron chi connectivity index (χ1n) is 9.61. The topological polar surface area (TPSA) is 69.0 Å². The van der Waals surface area contributed by atoms with Crippen molar-refractivity contribution in [2.75, 3.05) is 13.2 Å². The number of nitrogens with zero attached hydrogens (tertiary/aromatic N) is 3. The molecule has 146 valence electrons. The summed E-state index contributed by atoms with van der Waals surface area (Å²) in [5.41, 5.74) is 3.77. The van der Waals surface area contributed by atoms with Crippen LogP contribution in [0.25, 0.3) is 15.9 Å². The van der Waals surface area contributed by atoms with Gasteiger partial charge < -0.3 is 10.1 Å². The number of hydrogen-bond donors (Lipinski definition) is 1. The highest BCUT2D eigenvalue weighted by Crippen LogP contribution is 2.26. The number of fused-ring (bicyclic) bond motifs is 1. The van der Waals surface area contributed by atoms with Gasteiger partial charge >= 0.3 is 0 Å². The van der Waals surface area contributed by atoms with Crippen molar-refractivity contribution in [2.45, 2.75) is 18.9 Å². The summed E-state index contributed by atoms with van der Waals surface area (Å²) in [6, 6.07) is 14.3. The molecule has 0 unspecified atom stereocenters. The van der Waals surface area contributed by atoms with Crippen LogP contribution < -0.4 is 5.32 Å². The molecule has 0 aliphatic carbocycles. The lowest BCUT2D eigenvalue weighted by atomic mass is 10.0. The summed E-state index contributed by atoms with van der Waals surface area (Å²) >= 11 is 1.56. The van der Waals surface area contributed by atoms with Crippen LogP contribution in [0.1, 0.15) is 28.0 Å². The van der Waals surface area contributed by atoms with Gasteiger partial charge in [0.05, 0.1) is 18.3 Å². The van der Waals surface area contributed by atoms with Crippen molar-refractivity contribution < 1.29 is 9.53 Å².